The predicted octanol–water partition coefficient (Wildman–Crippen LogP) is 4.63. The van der Waals surface area contributed by atoms with E-state index >= 15 is 0 Å². The Kier molecular flexibility index (Phi) is 6.70. The minimum Gasteiger partial charge on any atom is -0.358 e. The van der Waals surface area contributed by atoms with Gasteiger partial charge in [0, 0.05) is 47.4 Å². The van der Waals surface area contributed by atoms with Gasteiger partial charge in [0.05, 0.1) is 24.1 Å². The molecule has 0 amide bonds. The number of nitrogens with one attached hydrogen (secondary N) is 1. The summed E-state index contributed by atoms with van der Waals surface area (Å²) in [6.45, 7) is 14.7. The number of aromatic nitrogens is 5. The van der Waals surface area contributed by atoms with E-state index in [4.69, 9.17) is 0 Å². The first-order valence-corrected chi connectivity index (χ1v) is 9.68. The summed E-state index contributed by atoms with van der Waals surface area (Å²) in [7, 11) is 0. The smallest absolute Gasteiger partial charge is 0.0881 e. The van der Waals surface area contributed by atoms with E-state index in [9.17, 15) is 0 Å². The van der Waals surface area contributed by atoms with Crippen LogP contribution in [0.3, 0.4) is 0 Å². The van der Waals surface area contributed by atoms with Crippen LogP contribution in [-0.4, -0.2) is 24.7 Å². The summed E-state index contributed by atoms with van der Waals surface area (Å²) in [5.41, 5.74) is 7.46. The number of allylic oxidation sites excluding steroid dienone is 5. The number of pyridine rings is 1. The first kappa shape index (κ1) is 20.9. The molecule has 0 saturated carbocycles. The first-order valence-electron chi connectivity index (χ1n) is 9.68. The van der Waals surface area contributed by atoms with Crippen molar-refractivity contribution in [3.63, 3.8) is 0 Å². The standard InChI is InChI=1S/C24H26N6/c1-6-21(24-14-25-11-12-27-24)8-7-17(2)28-19(4)15-30-16-23(20(5)29-30)22-9-10-26-18(3)13-22/h6-14,16,28H,2,4,15H2,1,3,5H3/b8-7-,21-6+. The Bertz CT molecular complexity index is 1110. The van der Waals surface area contributed by atoms with Crippen LogP contribution in [0.25, 0.3) is 16.7 Å². The second-order valence-corrected chi connectivity index (χ2v) is 6.93. The van der Waals surface area contributed by atoms with E-state index in [0.717, 1.165) is 45.2 Å². The van der Waals surface area contributed by atoms with Gasteiger partial charge in [-0.05, 0) is 50.1 Å². The zero-order chi connectivity index (χ0) is 21.5. The summed E-state index contributed by atoms with van der Waals surface area (Å²) in [6, 6.07) is 4.06. The zero-order valence-corrected chi connectivity index (χ0v) is 17.6. The minimum absolute atomic E-state index is 0.540. The highest BCUT2D eigenvalue weighted by Gasteiger charge is 2.09. The molecular formula is C24H26N6. The lowest BCUT2D eigenvalue weighted by Gasteiger charge is -2.10. The average molecular weight is 399 g/mol. The third-order valence-electron chi connectivity index (χ3n) is 4.48. The second kappa shape index (κ2) is 9.60. The summed E-state index contributed by atoms with van der Waals surface area (Å²) < 4.78 is 1.88. The highest BCUT2D eigenvalue weighted by molar-refractivity contribution is 5.71. The fourth-order valence-electron chi connectivity index (χ4n) is 3.07. The maximum absolute atomic E-state index is 4.61. The van der Waals surface area contributed by atoms with Crippen molar-refractivity contribution in [3.05, 3.63) is 103 Å². The molecule has 0 spiro atoms. The zero-order valence-electron chi connectivity index (χ0n) is 17.6. The molecule has 3 aromatic rings. The van der Waals surface area contributed by atoms with Crippen LogP contribution in [0.5, 0.6) is 0 Å². The SMILES string of the molecule is C=C(/C=C\C(=C/C)c1cnccn1)NC(=C)Cn1cc(-c2ccnc(C)c2)c(C)n1. The highest BCUT2D eigenvalue weighted by atomic mass is 15.3. The lowest BCUT2D eigenvalue weighted by molar-refractivity contribution is 0.647. The van der Waals surface area contributed by atoms with Gasteiger partial charge in [-0.1, -0.05) is 25.3 Å². The van der Waals surface area contributed by atoms with Crippen molar-refractivity contribution in [2.24, 2.45) is 0 Å². The summed E-state index contributed by atoms with van der Waals surface area (Å²) in [4.78, 5) is 12.7. The quantitative estimate of drug-likeness (QED) is 0.560. The Morgan fingerprint density at radius 2 is 1.97 bits per heavy atom. The van der Waals surface area contributed by atoms with Crippen LogP contribution in [0.4, 0.5) is 0 Å². The van der Waals surface area contributed by atoms with Gasteiger partial charge in [0.25, 0.3) is 0 Å². The van der Waals surface area contributed by atoms with Crippen LogP contribution in [0.15, 0.2) is 85.9 Å². The molecule has 152 valence electrons. The Labute approximate surface area is 177 Å². The highest BCUT2D eigenvalue weighted by Crippen LogP contribution is 2.22. The minimum atomic E-state index is 0.540. The lowest BCUT2D eigenvalue weighted by atomic mass is 10.1. The number of rotatable bonds is 8. The molecule has 6 heteroatoms. The van der Waals surface area contributed by atoms with Gasteiger partial charge in [0.2, 0.25) is 0 Å². The van der Waals surface area contributed by atoms with Crippen LogP contribution in [0.2, 0.25) is 0 Å². The normalized spacial score (nSPS) is 11.6. The van der Waals surface area contributed by atoms with Gasteiger partial charge < -0.3 is 5.32 Å². The maximum atomic E-state index is 4.61. The van der Waals surface area contributed by atoms with E-state index < -0.39 is 0 Å². The lowest BCUT2D eigenvalue weighted by Crippen LogP contribution is -2.15. The van der Waals surface area contributed by atoms with Crippen molar-refractivity contribution in [2.75, 3.05) is 0 Å². The molecule has 3 aromatic heterocycles. The summed E-state index contributed by atoms with van der Waals surface area (Å²) in [5.74, 6) is 0. The Morgan fingerprint density at radius 3 is 2.67 bits per heavy atom. The average Bonchev–Trinajstić information content (AvgIpc) is 3.09. The van der Waals surface area contributed by atoms with Crippen molar-refractivity contribution in [1.29, 1.82) is 0 Å². The monoisotopic (exact) mass is 398 g/mol. The van der Waals surface area contributed by atoms with Crippen molar-refractivity contribution in [2.45, 2.75) is 27.3 Å². The molecule has 0 atom stereocenters. The molecule has 30 heavy (non-hydrogen) atoms. The summed E-state index contributed by atoms with van der Waals surface area (Å²) in [6.07, 6.45) is 14.7. The molecule has 0 radical (unpaired) electrons. The van der Waals surface area contributed by atoms with Gasteiger partial charge in [-0.3, -0.25) is 19.6 Å². The second-order valence-electron chi connectivity index (χ2n) is 6.93. The van der Waals surface area contributed by atoms with Crippen molar-refractivity contribution >= 4 is 5.57 Å². The fourth-order valence-corrected chi connectivity index (χ4v) is 3.07. The number of aryl methyl sites for hydroxylation is 2. The van der Waals surface area contributed by atoms with Crippen molar-refractivity contribution in [3.8, 4) is 11.1 Å². The van der Waals surface area contributed by atoms with Crippen LogP contribution < -0.4 is 5.32 Å². The molecule has 0 aromatic carbocycles. The number of hydrogen-bond donors (Lipinski definition) is 1. The van der Waals surface area contributed by atoms with Crippen molar-refractivity contribution in [1.82, 2.24) is 30.0 Å². The van der Waals surface area contributed by atoms with E-state index in [-0.39, 0.29) is 0 Å². The number of nitrogens with zero attached hydrogens (tertiary/aromatic N) is 5. The number of hydrogen-bond acceptors (Lipinski definition) is 5. The summed E-state index contributed by atoms with van der Waals surface area (Å²) >= 11 is 0. The third kappa shape index (κ3) is 5.38. The van der Waals surface area contributed by atoms with Gasteiger partial charge >= 0.3 is 0 Å². The van der Waals surface area contributed by atoms with Gasteiger partial charge in [0.15, 0.2) is 0 Å². The molecule has 0 unspecified atom stereocenters. The van der Waals surface area contributed by atoms with Gasteiger partial charge in [-0.2, -0.15) is 5.10 Å². The maximum Gasteiger partial charge on any atom is 0.0881 e. The van der Waals surface area contributed by atoms with E-state index in [1.165, 1.54) is 0 Å². The van der Waals surface area contributed by atoms with Crippen LogP contribution in [0.1, 0.15) is 24.0 Å². The molecule has 0 aliphatic carbocycles. The molecule has 0 bridgehead atoms. The van der Waals surface area contributed by atoms with E-state index in [2.05, 4.69) is 44.6 Å². The topological polar surface area (TPSA) is 68.5 Å². The van der Waals surface area contributed by atoms with Crippen LogP contribution in [-0.2, 0) is 6.54 Å². The Hall–Kier alpha value is -3.80. The molecule has 0 saturated heterocycles. The fraction of sp³-hybridized carbons (Fsp3) is 0.167. The van der Waals surface area contributed by atoms with Gasteiger partial charge in [-0.25, -0.2) is 0 Å². The molecular weight excluding hydrogens is 372 g/mol. The van der Waals surface area contributed by atoms with E-state index in [1.54, 1.807) is 18.6 Å². The van der Waals surface area contributed by atoms with Crippen LogP contribution >= 0.6 is 0 Å². The van der Waals surface area contributed by atoms with Crippen molar-refractivity contribution < 1.29 is 0 Å². The molecule has 0 fully saturated rings. The molecule has 1 N–H and O–H groups in total. The van der Waals surface area contributed by atoms with E-state index in [1.807, 2.05) is 62.1 Å². The third-order valence-corrected chi connectivity index (χ3v) is 4.48. The molecule has 3 rings (SSSR count). The Balaban J connectivity index is 1.62. The first-order chi connectivity index (χ1) is 14.5. The largest absolute Gasteiger partial charge is 0.358 e. The molecule has 6 nitrogen and oxygen atoms in total. The van der Waals surface area contributed by atoms with Gasteiger partial charge in [0.1, 0.15) is 0 Å². The Morgan fingerprint density at radius 1 is 1.13 bits per heavy atom. The van der Waals surface area contributed by atoms with Gasteiger partial charge in [-0.15, -0.1) is 0 Å². The van der Waals surface area contributed by atoms with E-state index in [0.29, 0.717) is 6.54 Å². The molecule has 3 heterocycles. The molecule has 0 aliphatic rings. The predicted molar refractivity (Wildman–Crippen MR) is 121 cm³/mol. The van der Waals surface area contributed by atoms with Crippen LogP contribution in [0, 0.1) is 13.8 Å². The summed E-state index contributed by atoms with van der Waals surface area (Å²) in [5, 5.41) is 7.84. The molecule has 0 aliphatic heterocycles.